The SMILES string of the molecule is Cc1cc(NS(=O)(=O)c2cn[nH]c2C)ccn1. The molecule has 7 heteroatoms. The predicted molar refractivity (Wildman–Crippen MR) is 63.1 cm³/mol. The molecule has 0 amide bonds. The van der Waals surface area contributed by atoms with Crippen molar-refractivity contribution in [1.29, 1.82) is 0 Å². The number of aromatic nitrogens is 3. The maximum absolute atomic E-state index is 12.0. The molecule has 0 saturated carbocycles. The van der Waals surface area contributed by atoms with Crippen LogP contribution in [0.1, 0.15) is 11.4 Å². The number of nitrogens with zero attached hydrogens (tertiary/aromatic N) is 2. The Bertz CT molecular complexity index is 633. The first-order valence-electron chi connectivity index (χ1n) is 4.94. The van der Waals surface area contributed by atoms with E-state index in [1.807, 2.05) is 0 Å². The van der Waals surface area contributed by atoms with Gasteiger partial charge in [0.05, 0.1) is 17.6 Å². The Kier molecular flexibility index (Phi) is 2.84. The quantitative estimate of drug-likeness (QED) is 0.859. The van der Waals surface area contributed by atoms with Gasteiger partial charge in [-0.2, -0.15) is 5.10 Å². The van der Waals surface area contributed by atoms with E-state index in [1.165, 1.54) is 6.20 Å². The Morgan fingerprint density at radius 3 is 2.71 bits per heavy atom. The lowest BCUT2D eigenvalue weighted by Gasteiger charge is -2.07. The molecular formula is C10H12N4O2S. The molecule has 0 aliphatic rings. The van der Waals surface area contributed by atoms with Crippen LogP contribution in [0.2, 0.25) is 0 Å². The zero-order valence-electron chi connectivity index (χ0n) is 9.43. The molecule has 0 bridgehead atoms. The van der Waals surface area contributed by atoms with Crippen LogP contribution >= 0.6 is 0 Å². The van der Waals surface area contributed by atoms with Gasteiger partial charge in [-0.3, -0.25) is 14.8 Å². The van der Waals surface area contributed by atoms with Crippen molar-refractivity contribution in [2.24, 2.45) is 0 Å². The summed E-state index contributed by atoms with van der Waals surface area (Å²) in [4.78, 5) is 4.14. The number of pyridine rings is 1. The second-order valence-electron chi connectivity index (χ2n) is 3.65. The number of rotatable bonds is 3. The van der Waals surface area contributed by atoms with Crippen molar-refractivity contribution in [1.82, 2.24) is 15.2 Å². The van der Waals surface area contributed by atoms with Crippen molar-refractivity contribution in [2.45, 2.75) is 18.7 Å². The van der Waals surface area contributed by atoms with Gasteiger partial charge in [0.15, 0.2) is 0 Å². The molecule has 0 aliphatic heterocycles. The first kappa shape index (κ1) is 11.6. The standard InChI is InChI=1S/C10H12N4O2S/c1-7-5-9(3-4-11-7)14-17(15,16)10-6-12-13-8(10)2/h3-6H,1-2H3,(H,11,14)(H,12,13). The van der Waals surface area contributed by atoms with E-state index in [2.05, 4.69) is 19.9 Å². The molecule has 0 unspecified atom stereocenters. The van der Waals surface area contributed by atoms with Crippen LogP contribution in [-0.4, -0.2) is 23.6 Å². The summed E-state index contributed by atoms with van der Waals surface area (Å²) in [5, 5.41) is 6.28. The summed E-state index contributed by atoms with van der Waals surface area (Å²) in [6, 6.07) is 3.26. The van der Waals surface area contributed by atoms with Crippen molar-refractivity contribution in [3.8, 4) is 0 Å². The molecular weight excluding hydrogens is 240 g/mol. The molecule has 2 N–H and O–H groups in total. The molecule has 90 valence electrons. The fourth-order valence-electron chi connectivity index (χ4n) is 1.43. The van der Waals surface area contributed by atoms with Crippen molar-refractivity contribution in [3.63, 3.8) is 0 Å². The van der Waals surface area contributed by atoms with Gasteiger partial charge in [0.2, 0.25) is 0 Å². The summed E-state index contributed by atoms with van der Waals surface area (Å²) in [6.45, 7) is 3.44. The lowest BCUT2D eigenvalue weighted by Crippen LogP contribution is -2.13. The highest BCUT2D eigenvalue weighted by Gasteiger charge is 2.18. The Hall–Kier alpha value is -1.89. The van der Waals surface area contributed by atoms with Gasteiger partial charge >= 0.3 is 0 Å². The largest absolute Gasteiger partial charge is 0.281 e. The average molecular weight is 252 g/mol. The van der Waals surface area contributed by atoms with E-state index in [9.17, 15) is 8.42 Å². The van der Waals surface area contributed by atoms with Gasteiger partial charge in [-0.15, -0.1) is 0 Å². The second-order valence-corrected chi connectivity index (χ2v) is 5.30. The number of H-pyrrole nitrogens is 1. The van der Waals surface area contributed by atoms with E-state index in [0.717, 1.165) is 5.69 Å². The zero-order chi connectivity index (χ0) is 12.5. The van der Waals surface area contributed by atoms with E-state index in [-0.39, 0.29) is 4.90 Å². The van der Waals surface area contributed by atoms with E-state index >= 15 is 0 Å². The van der Waals surface area contributed by atoms with Gasteiger partial charge in [-0.05, 0) is 26.0 Å². The summed E-state index contributed by atoms with van der Waals surface area (Å²) < 4.78 is 26.5. The highest BCUT2D eigenvalue weighted by atomic mass is 32.2. The number of hydrogen-bond acceptors (Lipinski definition) is 4. The molecule has 2 rings (SSSR count). The van der Waals surface area contributed by atoms with Crippen LogP contribution in [0.15, 0.2) is 29.4 Å². The van der Waals surface area contributed by atoms with Crippen LogP contribution in [0.3, 0.4) is 0 Å². The first-order chi connectivity index (χ1) is 7.99. The fourth-order valence-corrected chi connectivity index (χ4v) is 2.62. The molecule has 0 atom stereocenters. The molecule has 0 spiro atoms. The molecule has 2 aromatic heterocycles. The van der Waals surface area contributed by atoms with Crippen molar-refractivity contribution < 1.29 is 8.42 Å². The number of aryl methyl sites for hydroxylation is 2. The van der Waals surface area contributed by atoms with Crippen LogP contribution in [-0.2, 0) is 10.0 Å². The Labute approximate surface area is 99.1 Å². The van der Waals surface area contributed by atoms with Crippen LogP contribution < -0.4 is 4.72 Å². The maximum atomic E-state index is 12.0. The minimum atomic E-state index is -3.59. The number of anilines is 1. The molecule has 0 aliphatic carbocycles. The van der Waals surface area contributed by atoms with E-state index in [4.69, 9.17) is 0 Å². The van der Waals surface area contributed by atoms with Crippen molar-refractivity contribution in [3.05, 3.63) is 35.9 Å². The predicted octanol–water partition coefficient (Wildman–Crippen LogP) is 1.22. The molecule has 0 saturated heterocycles. The Morgan fingerprint density at radius 1 is 1.35 bits per heavy atom. The summed E-state index contributed by atoms with van der Waals surface area (Å²) in [5.74, 6) is 0. The fraction of sp³-hybridized carbons (Fsp3) is 0.200. The highest BCUT2D eigenvalue weighted by molar-refractivity contribution is 7.92. The average Bonchev–Trinajstić information content (AvgIpc) is 2.64. The molecule has 2 aromatic rings. The lowest BCUT2D eigenvalue weighted by molar-refractivity contribution is 0.600. The minimum absolute atomic E-state index is 0.145. The molecule has 0 radical (unpaired) electrons. The molecule has 0 aromatic carbocycles. The van der Waals surface area contributed by atoms with E-state index in [1.54, 1.807) is 32.2 Å². The zero-order valence-corrected chi connectivity index (χ0v) is 10.2. The third-order valence-corrected chi connectivity index (χ3v) is 3.72. The third kappa shape index (κ3) is 2.44. The topological polar surface area (TPSA) is 87.7 Å². The van der Waals surface area contributed by atoms with Gasteiger partial charge < -0.3 is 0 Å². The summed E-state index contributed by atoms with van der Waals surface area (Å²) in [5.41, 5.74) is 1.73. The molecule has 17 heavy (non-hydrogen) atoms. The first-order valence-corrected chi connectivity index (χ1v) is 6.43. The monoisotopic (exact) mass is 252 g/mol. The number of nitrogens with one attached hydrogen (secondary N) is 2. The van der Waals surface area contributed by atoms with Gasteiger partial charge in [-0.25, -0.2) is 8.42 Å². The van der Waals surface area contributed by atoms with E-state index < -0.39 is 10.0 Å². The Morgan fingerprint density at radius 2 is 2.12 bits per heavy atom. The van der Waals surface area contributed by atoms with Crippen molar-refractivity contribution >= 4 is 15.7 Å². The second kappa shape index (κ2) is 4.17. The van der Waals surface area contributed by atoms with Gasteiger partial charge in [0, 0.05) is 11.9 Å². The third-order valence-electron chi connectivity index (χ3n) is 2.22. The number of sulfonamides is 1. The van der Waals surface area contributed by atoms with Gasteiger partial charge in [0.1, 0.15) is 4.90 Å². The summed E-state index contributed by atoms with van der Waals surface area (Å²) in [6.07, 6.45) is 2.83. The number of hydrogen-bond donors (Lipinski definition) is 2. The molecule has 2 heterocycles. The highest BCUT2D eigenvalue weighted by Crippen LogP contribution is 2.17. The number of aromatic amines is 1. The van der Waals surface area contributed by atoms with E-state index in [0.29, 0.717) is 11.4 Å². The smallest absolute Gasteiger partial charge is 0.265 e. The maximum Gasteiger partial charge on any atom is 0.265 e. The lowest BCUT2D eigenvalue weighted by atomic mass is 10.3. The van der Waals surface area contributed by atoms with Gasteiger partial charge in [-0.1, -0.05) is 0 Å². The van der Waals surface area contributed by atoms with Crippen LogP contribution in [0.4, 0.5) is 5.69 Å². The Balaban J connectivity index is 2.33. The summed E-state index contributed by atoms with van der Waals surface area (Å²) in [7, 11) is -3.59. The normalized spacial score (nSPS) is 11.4. The summed E-state index contributed by atoms with van der Waals surface area (Å²) >= 11 is 0. The molecule has 0 fully saturated rings. The van der Waals surface area contributed by atoms with Crippen LogP contribution in [0.25, 0.3) is 0 Å². The molecule has 6 nitrogen and oxygen atoms in total. The minimum Gasteiger partial charge on any atom is -0.281 e. The van der Waals surface area contributed by atoms with Crippen molar-refractivity contribution in [2.75, 3.05) is 4.72 Å². The van der Waals surface area contributed by atoms with Gasteiger partial charge in [0.25, 0.3) is 10.0 Å². The van der Waals surface area contributed by atoms with Crippen LogP contribution in [0.5, 0.6) is 0 Å². The van der Waals surface area contributed by atoms with Crippen LogP contribution in [0, 0.1) is 13.8 Å².